The summed E-state index contributed by atoms with van der Waals surface area (Å²) in [5.41, 5.74) is 3.43. The topological polar surface area (TPSA) is 61.8 Å². The van der Waals surface area contributed by atoms with E-state index in [4.69, 9.17) is 14.2 Å². The lowest BCUT2D eigenvalue weighted by atomic mass is 10.0. The van der Waals surface area contributed by atoms with Crippen LogP contribution in [0.4, 0.5) is 0 Å². The van der Waals surface area contributed by atoms with E-state index in [2.05, 4.69) is 0 Å². The lowest BCUT2D eigenvalue weighted by molar-refractivity contribution is -0.141. The zero-order chi connectivity index (χ0) is 25.6. The van der Waals surface area contributed by atoms with Crippen molar-refractivity contribution < 1.29 is 23.8 Å². The number of hydrogen-bond acceptors (Lipinski definition) is 5. The third-order valence-corrected chi connectivity index (χ3v) is 6.24. The van der Waals surface area contributed by atoms with Crippen LogP contribution in [0.15, 0.2) is 22.3 Å². The monoisotopic (exact) mass is 480 g/mol. The molecule has 198 valence electrons. The first-order chi connectivity index (χ1) is 16.3. The maximum atomic E-state index is 11.7. The summed E-state index contributed by atoms with van der Waals surface area (Å²) in [5.74, 6) is -0.410. The van der Waals surface area contributed by atoms with Crippen molar-refractivity contribution in [3.63, 3.8) is 0 Å². The summed E-state index contributed by atoms with van der Waals surface area (Å²) in [6.45, 7) is 13.4. The quantitative estimate of drug-likeness (QED) is 0.0950. The molecule has 0 atom stereocenters. The zero-order valence-corrected chi connectivity index (χ0v) is 23.1. The van der Waals surface area contributed by atoms with E-state index >= 15 is 0 Å². The molecule has 0 aromatic carbocycles. The number of allylic oxidation sites excluding steroid dienone is 2. The Morgan fingerprint density at radius 1 is 0.412 bits per heavy atom. The fourth-order valence-electron chi connectivity index (χ4n) is 3.34. The van der Waals surface area contributed by atoms with Gasteiger partial charge < -0.3 is 14.2 Å². The Hall–Kier alpha value is -1.62. The molecular weight excluding hydrogens is 428 g/mol. The fourth-order valence-corrected chi connectivity index (χ4v) is 3.34. The smallest absolute Gasteiger partial charge is 0.333 e. The molecule has 0 saturated heterocycles. The van der Waals surface area contributed by atoms with E-state index in [0.29, 0.717) is 25.4 Å². The molecule has 0 radical (unpaired) electrons. The number of hydrogen-bond donors (Lipinski definition) is 0. The average molecular weight is 481 g/mol. The molecule has 0 N–H and O–H groups in total. The molecule has 0 spiro atoms. The summed E-state index contributed by atoms with van der Waals surface area (Å²) in [4.78, 5) is 23.4. The Morgan fingerprint density at radius 3 is 1.12 bits per heavy atom. The van der Waals surface area contributed by atoms with Crippen LogP contribution in [-0.2, 0) is 23.8 Å². The van der Waals surface area contributed by atoms with Gasteiger partial charge >= 0.3 is 11.9 Å². The third kappa shape index (κ3) is 18.8. The van der Waals surface area contributed by atoms with Gasteiger partial charge in [-0.25, -0.2) is 9.59 Å². The van der Waals surface area contributed by atoms with Gasteiger partial charge in [0.2, 0.25) is 0 Å². The number of carbonyl (C=O) groups excluding carboxylic acids is 2. The minimum atomic E-state index is -0.242. The Morgan fingerprint density at radius 2 is 0.735 bits per heavy atom. The van der Waals surface area contributed by atoms with Gasteiger partial charge in [-0.05, 0) is 54.4 Å². The van der Waals surface area contributed by atoms with Gasteiger partial charge in [-0.2, -0.15) is 0 Å². The maximum Gasteiger partial charge on any atom is 0.333 e. The zero-order valence-electron chi connectivity index (χ0n) is 23.1. The number of unbranched alkanes of at least 4 members (excludes halogenated alkanes) is 12. The van der Waals surface area contributed by atoms with E-state index in [1.807, 2.05) is 34.6 Å². The fraction of sp³-hybridized carbons (Fsp3) is 0.793. The highest BCUT2D eigenvalue weighted by atomic mass is 16.6. The van der Waals surface area contributed by atoms with Crippen LogP contribution in [0.5, 0.6) is 0 Å². The molecule has 0 fully saturated rings. The van der Waals surface area contributed by atoms with Gasteiger partial charge in [-0.3, -0.25) is 0 Å². The van der Waals surface area contributed by atoms with Crippen molar-refractivity contribution in [1.82, 2.24) is 0 Å². The van der Waals surface area contributed by atoms with Crippen molar-refractivity contribution in [1.29, 1.82) is 0 Å². The normalized spacial score (nSPS) is 10.6. The minimum absolute atomic E-state index is 0.168. The minimum Gasteiger partial charge on any atom is -0.462 e. The molecule has 5 heteroatoms. The van der Waals surface area contributed by atoms with Crippen LogP contribution in [0, 0.1) is 0 Å². The van der Waals surface area contributed by atoms with Crippen LogP contribution >= 0.6 is 0 Å². The van der Waals surface area contributed by atoms with Crippen LogP contribution < -0.4 is 0 Å². The Kier molecular flexibility index (Phi) is 20.8. The van der Waals surface area contributed by atoms with E-state index < -0.39 is 0 Å². The van der Waals surface area contributed by atoms with Crippen molar-refractivity contribution in [3.05, 3.63) is 22.3 Å². The first-order valence-corrected chi connectivity index (χ1v) is 13.5. The summed E-state index contributed by atoms with van der Waals surface area (Å²) in [6.07, 6.45) is 16.2. The largest absolute Gasteiger partial charge is 0.462 e. The highest BCUT2D eigenvalue weighted by Gasteiger charge is 2.07. The molecule has 0 bridgehead atoms. The molecule has 0 heterocycles. The van der Waals surface area contributed by atoms with Gasteiger partial charge in [0.1, 0.15) is 6.61 Å². The Bertz CT molecular complexity index is 556. The second kappa shape index (κ2) is 21.9. The summed E-state index contributed by atoms with van der Waals surface area (Å²) in [7, 11) is 0. The van der Waals surface area contributed by atoms with Crippen molar-refractivity contribution in [3.8, 4) is 0 Å². The Labute approximate surface area is 209 Å². The number of rotatable bonds is 21. The number of ether oxygens (including phenoxy) is 3. The first kappa shape index (κ1) is 32.4. The van der Waals surface area contributed by atoms with Gasteiger partial charge in [-0.15, -0.1) is 0 Å². The molecule has 5 nitrogen and oxygen atoms in total. The van der Waals surface area contributed by atoms with Gasteiger partial charge in [0.15, 0.2) is 0 Å². The second-order valence-corrected chi connectivity index (χ2v) is 9.73. The summed E-state index contributed by atoms with van der Waals surface area (Å²) in [6, 6.07) is 0. The van der Waals surface area contributed by atoms with Crippen LogP contribution in [-0.4, -0.2) is 38.4 Å². The highest BCUT2D eigenvalue weighted by Crippen LogP contribution is 2.13. The van der Waals surface area contributed by atoms with Crippen LogP contribution in [0.2, 0.25) is 0 Å². The van der Waals surface area contributed by atoms with Gasteiger partial charge in [0.25, 0.3) is 0 Å². The van der Waals surface area contributed by atoms with Crippen molar-refractivity contribution in [2.75, 3.05) is 26.4 Å². The Balaban J connectivity index is 3.28. The molecule has 0 aliphatic carbocycles. The lowest BCUT2D eigenvalue weighted by Gasteiger charge is -2.07. The van der Waals surface area contributed by atoms with Crippen molar-refractivity contribution in [2.45, 2.75) is 125 Å². The standard InChI is InChI=1S/C29H52O5/c1-24(2)26(5)28(30)33-21-19-17-15-13-11-9-7-8-10-12-14-16-18-20-32-22-23-34-29(31)27(6)25(3)4/h7-23H2,1-6H3. The molecule has 0 aromatic heterocycles. The van der Waals surface area contributed by atoms with E-state index in [1.54, 1.807) is 6.92 Å². The predicted octanol–water partition coefficient (Wildman–Crippen LogP) is 7.87. The maximum absolute atomic E-state index is 11.7. The van der Waals surface area contributed by atoms with Crippen molar-refractivity contribution >= 4 is 11.9 Å². The van der Waals surface area contributed by atoms with Crippen molar-refractivity contribution in [2.24, 2.45) is 0 Å². The SMILES string of the molecule is CC(C)=C(C)C(=O)OCCCCCCCCCCCCCCCOCCOC(=O)C(C)=C(C)C. The van der Waals surface area contributed by atoms with Crippen LogP contribution in [0.1, 0.15) is 125 Å². The summed E-state index contributed by atoms with van der Waals surface area (Å²) >= 11 is 0. The van der Waals surface area contributed by atoms with E-state index in [1.165, 1.54) is 64.2 Å². The summed E-state index contributed by atoms with van der Waals surface area (Å²) < 4.78 is 16.0. The average Bonchev–Trinajstić information content (AvgIpc) is 2.81. The molecule has 0 aliphatic rings. The van der Waals surface area contributed by atoms with Gasteiger partial charge in [0, 0.05) is 17.8 Å². The molecule has 0 aromatic rings. The third-order valence-electron chi connectivity index (χ3n) is 6.24. The van der Waals surface area contributed by atoms with Gasteiger partial charge in [0.05, 0.1) is 13.2 Å². The van der Waals surface area contributed by atoms with Gasteiger partial charge in [-0.1, -0.05) is 81.8 Å². The molecule has 34 heavy (non-hydrogen) atoms. The van der Waals surface area contributed by atoms with Crippen LogP contribution in [0.25, 0.3) is 0 Å². The molecule has 0 rings (SSSR count). The number of carbonyl (C=O) groups is 2. The van der Waals surface area contributed by atoms with E-state index in [9.17, 15) is 9.59 Å². The molecule has 0 amide bonds. The number of esters is 2. The highest BCUT2D eigenvalue weighted by molar-refractivity contribution is 5.88. The summed E-state index contributed by atoms with van der Waals surface area (Å²) in [5, 5.41) is 0. The molecule has 0 saturated carbocycles. The second-order valence-electron chi connectivity index (χ2n) is 9.73. The van der Waals surface area contributed by atoms with E-state index in [-0.39, 0.29) is 11.9 Å². The molecular formula is C29H52O5. The molecule has 0 unspecified atom stereocenters. The van der Waals surface area contributed by atoms with Crippen LogP contribution in [0.3, 0.4) is 0 Å². The predicted molar refractivity (Wildman–Crippen MR) is 141 cm³/mol. The molecule has 0 aliphatic heterocycles. The lowest BCUT2D eigenvalue weighted by Crippen LogP contribution is -2.12. The van der Waals surface area contributed by atoms with E-state index in [0.717, 1.165) is 42.6 Å². The first-order valence-electron chi connectivity index (χ1n) is 13.5.